The summed E-state index contributed by atoms with van der Waals surface area (Å²) < 4.78 is 0. The molecule has 2 fully saturated rings. The van der Waals surface area contributed by atoms with Gasteiger partial charge in [0.1, 0.15) is 6.04 Å². The third kappa shape index (κ3) is 3.93. The molecule has 1 N–H and O–H groups in total. The van der Waals surface area contributed by atoms with Gasteiger partial charge in [-0.05, 0) is 26.4 Å². The fraction of sp³-hybridized carbons (Fsp3) is 0.857. The first-order valence-corrected chi connectivity index (χ1v) is 7.51. The molecule has 1 unspecified atom stereocenters. The minimum absolute atomic E-state index is 0.0752. The molecule has 0 bridgehead atoms. The molecule has 0 radical (unpaired) electrons. The summed E-state index contributed by atoms with van der Waals surface area (Å²) in [6, 6.07) is -0.492. The Morgan fingerprint density at radius 1 is 1.05 bits per heavy atom. The highest BCUT2D eigenvalue weighted by atomic mass is 16.4. The van der Waals surface area contributed by atoms with Crippen molar-refractivity contribution in [2.24, 2.45) is 0 Å². The predicted molar refractivity (Wildman–Crippen MR) is 75.5 cm³/mol. The number of hydrogen-bond donors (Lipinski definition) is 1. The van der Waals surface area contributed by atoms with Gasteiger partial charge >= 0.3 is 5.97 Å². The van der Waals surface area contributed by atoms with Crippen molar-refractivity contribution in [1.29, 1.82) is 0 Å². The van der Waals surface area contributed by atoms with E-state index in [-0.39, 0.29) is 12.5 Å². The van der Waals surface area contributed by atoms with Crippen LogP contribution >= 0.6 is 0 Å². The second kappa shape index (κ2) is 7.04. The van der Waals surface area contributed by atoms with Gasteiger partial charge in [-0.3, -0.25) is 14.5 Å². The molecule has 2 aliphatic rings. The van der Waals surface area contributed by atoms with Gasteiger partial charge in [0, 0.05) is 26.2 Å². The quantitative estimate of drug-likeness (QED) is 0.795. The predicted octanol–water partition coefficient (Wildman–Crippen LogP) is 0.0896. The Balaban J connectivity index is 1.92. The molecule has 2 saturated heterocycles. The molecule has 2 aliphatic heterocycles. The van der Waals surface area contributed by atoms with E-state index in [1.165, 1.54) is 0 Å². The summed E-state index contributed by atoms with van der Waals surface area (Å²) >= 11 is 0. The molecule has 1 atom stereocenters. The van der Waals surface area contributed by atoms with Crippen LogP contribution in [0.3, 0.4) is 0 Å². The number of hydrogen-bond acceptors (Lipinski definition) is 4. The molecule has 6 nitrogen and oxygen atoms in total. The van der Waals surface area contributed by atoms with E-state index in [0.29, 0.717) is 6.42 Å². The maximum absolute atomic E-state index is 12.3. The van der Waals surface area contributed by atoms with Crippen LogP contribution in [-0.2, 0) is 9.59 Å². The molecule has 6 heteroatoms. The number of carbonyl (C=O) groups excluding carboxylic acids is 1. The van der Waals surface area contributed by atoms with Crippen LogP contribution in [0.25, 0.3) is 0 Å². The third-order valence-corrected chi connectivity index (χ3v) is 4.34. The van der Waals surface area contributed by atoms with Crippen molar-refractivity contribution >= 4 is 11.9 Å². The van der Waals surface area contributed by atoms with Crippen molar-refractivity contribution in [2.75, 3.05) is 46.3 Å². The Hall–Kier alpha value is -1.14. The number of nitrogens with zero attached hydrogens (tertiary/aromatic N) is 3. The first-order valence-electron chi connectivity index (χ1n) is 7.51. The van der Waals surface area contributed by atoms with Crippen LogP contribution in [0.1, 0.15) is 25.7 Å². The zero-order valence-electron chi connectivity index (χ0n) is 12.3. The Labute approximate surface area is 120 Å². The first-order chi connectivity index (χ1) is 9.58. The molecule has 0 aliphatic carbocycles. The van der Waals surface area contributed by atoms with Gasteiger partial charge in [-0.25, -0.2) is 0 Å². The molecule has 20 heavy (non-hydrogen) atoms. The summed E-state index contributed by atoms with van der Waals surface area (Å²) in [5, 5.41) is 9.32. The van der Waals surface area contributed by atoms with E-state index in [1.807, 2.05) is 9.80 Å². The number of likely N-dealkylation sites (N-methyl/N-ethyl adjacent to an activating group) is 1. The van der Waals surface area contributed by atoms with Crippen molar-refractivity contribution in [2.45, 2.75) is 31.7 Å². The second-order valence-corrected chi connectivity index (χ2v) is 5.86. The van der Waals surface area contributed by atoms with Gasteiger partial charge in [0.05, 0.1) is 6.54 Å². The monoisotopic (exact) mass is 283 g/mol. The van der Waals surface area contributed by atoms with Crippen molar-refractivity contribution in [3.05, 3.63) is 0 Å². The molecule has 0 aromatic rings. The van der Waals surface area contributed by atoms with Crippen molar-refractivity contribution < 1.29 is 14.7 Å². The normalized spacial score (nSPS) is 26.2. The van der Waals surface area contributed by atoms with Crippen LogP contribution in [0.2, 0.25) is 0 Å². The average Bonchev–Trinajstić information content (AvgIpc) is 2.65. The Morgan fingerprint density at radius 3 is 2.40 bits per heavy atom. The third-order valence-electron chi connectivity index (χ3n) is 4.34. The minimum atomic E-state index is -0.793. The zero-order valence-corrected chi connectivity index (χ0v) is 12.3. The summed E-state index contributed by atoms with van der Waals surface area (Å²) in [6.07, 6.45) is 3.64. The number of rotatable bonds is 3. The highest BCUT2D eigenvalue weighted by Crippen LogP contribution is 2.17. The summed E-state index contributed by atoms with van der Waals surface area (Å²) in [5.74, 6) is -0.718. The van der Waals surface area contributed by atoms with Crippen LogP contribution < -0.4 is 0 Å². The summed E-state index contributed by atoms with van der Waals surface area (Å²) in [4.78, 5) is 29.6. The minimum Gasteiger partial charge on any atom is -0.480 e. The Bertz CT molecular complexity index is 354. The van der Waals surface area contributed by atoms with E-state index < -0.39 is 12.0 Å². The number of aliphatic carboxylic acids is 1. The SMILES string of the molecule is CN1CCN(C(=O)CN2CCCCCC2C(=O)O)CC1. The lowest BCUT2D eigenvalue weighted by Crippen LogP contribution is -2.52. The molecule has 2 rings (SSSR count). The number of carboxylic acids is 1. The second-order valence-electron chi connectivity index (χ2n) is 5.86. The summed E-state index contributed by atoms with van der Waals surface area (Å²) in [7, 11) is 2.05. The van der Waals surface area contributed by atoms with Crippen LogP contribution in [-0.4, -0.2) is 84.0 Å². The van der Waals surface area contributed by atoms with E-state index in [4.69, 9.17) is 0 Å². The van der Waals surface area contributed by atoms with Gasteiger partial charge < -0.3 is 14.9 Å². The van der Waals surface area contributed by atoms with Gasteiger partial charge in [0.2, 0.25) is 5.91 Å². The fourth-order valence-corrected chi connectivity index (χ4v) is 2.97. The van der Waals surface area contributed by atoms with Gasteiger partial charge in [-0.1, -0.05) is 12.8 Å². The highest BCUT2D eigenvalue weighted by molar-refractivity contribution is 5.80. The topological polar surface area (TPSA) is 64.1 Å². The maximum Gasteiger partial charge on any atom is 0.320 e. The van der Waals surface area contributed by atoms with Crippen molar-refractivity contribution in [1.82, 2.24) is 14.7 Å². The zero-order chi connectivity index (χ0) is 14.5. The number of likely N-dealkylation sites (tertiary alicyclic amines) is 1. The number of carboxylic acid groups (broad SMARTS) is 1. The molecule has 2 heterocycles. The number of carbonyl (C=O) groups is 2. The smallest absolute Gasteiger partial charge is 0.320 e. The van der Waals surface area contributed by atoms with Crippen LogP contribution in [0, 0.1) is 0 Å². The van der Waals surface area contributed by atoms with Crippen LogP contribution in [0.5, 0.6) is 0 Å². The summed E-state index contributed by atoms with van der Waals surface area (Å²) in [6.45, 7) is 4.27. The molecular formula is C14H25N3O3. The molecular weight excluding hydrogens is 258 g/mol. The molecule has 0 saturated carbocycles. The molecule has 1 amide bonds. The maximum atomic E-state index is 12.3. The van der Waals surface area contributed by atoms with E-state index in [1.54, 1.807) is 0 Å². The first kappa shape index (κ1) is 15.3. The molecule has 114 valence electrons. The Morgan fingerprint density at radius 2 is 1.75 bits per heavy atom. The van der Waals surface area contributed by atoms with Gasteiger partial charge in [0.25, 0.3) is 0 Å². The summed E-state index contributed by atoms with van der Waals surface area (Å²) in [5.41, 5.74) is 0. The molecule has 0 spiro atoms. The number of amides is 1. The van der Waals surface area contributed by atoms with E-state index in [2.05, 4.69) is 11.9 Å². The lowest BCUT2D eigenvalue weighted by Gasteiger charge is -2.34. The van der Waals surface area contributed by atoms with Gasteiger partial charge in [-0.2, -0.15) is 0 Å². The fourth-order valence-electron chi connectivity index (χ4n) is 2.97. The van der Waals surface area contributed by atoms with E-state index in [0.717, 1.165) is 52.0 Å². The lowest BCUT2D eigenvalue weighted by atomic mass is 10.1. The largest absolute Gasteiger partial charge is 0.480 e. The molecule has 0 aromatic heterocycles. The standard InChI is InChI=1S/C14H25N3O3/c1-15-7-9-16(10-8-15)13(18)11-17-6-4-2-3-5-12(17)14(19)20/h12H,2-11H2,1H3,(H,19,20). The van der Waals surface area contributed by atoms with Crippen LogP contribution in [0.4, 0.5) is 0 Å². The average molecular weight is 283 g/mol. The van der Waals surface area contributed by atoms with Crippen LogP contribution in [0.15, 0.2) is 0 Å². The van der Waals surface area contributed by atoms with E-state index >= 15 is 0 Å². The van der Waals surface area contributed by atoms with Crippen molar-refractivity contribution in [3.8, 4) is 0 Å². The van der Waals surface area contributed by atoms with Gasteiger partial charge in [0.15, 0.2) is 0 Å². The molecule has 0 aromatic carbocycles. The van der Waals surface area contributed by atoms with Gasteiger partial charge in [-0.15, -0.1) is 0 Å². The Kier molecular flexibility index (Phi) is 5.37. The lowest BCUT2D eigenvalue weighted by molar-refractivity contribution is -0.145. The van der Waals surface area contributed by atoms with E-state index in [9.17, 15) is 14.7 Å². The highest BCUT2D eigenvalue weighted by Gasteiger charge is 2.30. The van der Waals surface area contributed by atoms with Crippen molar-refractivity contribution in [3.63, 3.8) is 0 Å². The number of piperazine rings is 1.